The summed E-state index contributed by atoms with van der Waals surface area (Å²) in [4.78, 5) is 37.9. The number of carbonyl (C=O) groups excluding carboxylic acids is 3. The van der Waals surface area contributed by atoms with Crippen LogP contribution in [0.1, 0.15) is 43.6 Å². The van der Waals surface area contributed by atoms with E-state index in [0.29, 0.717) is 34.6 Å². The summed E-state index contributed by atoms with van der Waals surface area (Å²) in [5.41, 5.74) is 3.85. The maximum atomic E-state index is 12.7. The molecule has 190 valence electrons. The molecule has 1 amide bonds. The molecule has 0 bridgehead atoms. The largest absolute Gasteiger partial charge is 0.493 e. The summed E-state index contributed by atoms with van der Waals surface area (Å²) in [5.74, 6) is -0.952. The van der Waals surface area contributed by atoms with Crippen molar-refractivity contribution in [1.82, 2.24) is 5.43 Å². The van der Waals surface area contributed by atoms with Crippen LogP contribution in [0.3, 0.4) is 0 Å². The third-order valence-corrected chi connectivity index (χ3v) is 5.22. The van der Waals surface area contributed by atoms with Gasteiger partial charge in [0, 0.05) is 11.6 Å². The number of esters is 2. The van der Waals surface area contributed by atoms with E-state index in [4.69, 9.17) is 14.2 Å². The molecule has 0 spiro atoms. The third-order valence-electron chi connectivity index (χ3n) is 5.22. The van der Waals surface area contributed by atoms with Crippen LogP contribution in [0.5, 0.6) is 17.2 Å². The highest BCUT2D eigenvalue weighted by Gasteiger charge is 2.15. The molecule has 0 saturated carbocycles. The Balaban J connectivity index is 1.56. The lowest BCUT2D eigenvalue weighted by molar-refractivity contribution is 0.0731. The molecule has 4 aromatic carbocycles. The molecule has 38 heavy (non-hydrogen) atoms. The smallest absolute Gasteiger partial charge is 0.343 e. The van der Waals surface area contributed by atoms with Gasteiger partial charge < -0.3 is 14.2 Å². The van der Waals surface area contributed by atoms with Crippen LogP contribution in [0.2, 0.25) is 0 Å². The van der Waals surface area contributed by atoms with E-state index in [1.54, 1.807) is 91.0 Å². The summed E-state index contributed by atoms with van der Waals surface area (Å²) < 4.78 is 16.6. The van der Waals surface area contributed by atoms with Crippen LogP contribution in [0, 0.1) is 0 Å². The first kappa shape index (κ1) is 25.8. The van der Waals surface area contributed by atoms with E-state index >= 15 is 0 Å². The zero-order valence-corrected chi connectivity index (χ0v) is 20.5. The van der Waals surface area contributed by atoms with Crippen molar-refractivity contribution in [2.75, 3.05) is 6.61 Å². The van der Waals surface area contributed by atoms with Crippen LogP contribution in [-0.2, 0) is 0 Å². The molecule has 8 heteroatoms. The third kappa shape index (κ3) is 6.70. The van der Waals surface area contributed by atoms with Gasteiger partial charge in [0.1, 0.15) is 17.2 Å². The van der Waals surface area contributed by atoms with E-state index in [-0.39, 0.29) is 11.5 Å². The van der Waals surface area contributed by atoms with Crippen LogP contribution in [0.4, 0.5) is 0 Å². The maximum absolute atomic E-state index is 12.7. The summed E-state index contributed by atoms with van der Waals surface area (Å²) in [6, 6.07) is 28.3. The molecule has 4 aromatic rings. The number of para-hydroxylation sites is 1. The van der Waals surface area contributed by atoms with E-state index in [1.165, 1.54) is 18.3 Å². The van der Waals surface area contributed by atoms with Gasteiger partial charge in [0.05, 0.1) is 29.5 Å². The summed E-state index contributed by atoms with van der Waals surface area (Å²) in [6.45, 7) is 2.23. The summed E-state index contributed by atoms with van der Waals surface area (Å²) in [5, 5.41) is 4.02. The lowest BCUT2D eigenvalue weighted by Gasteiger charge is -2.11. The average Bonchev–Trinajstić information content (AvgIpc) is 2.95. The summed E-state index contributed by atoms with van der Waals surface area (Å²) in [6.07, 6.45) is 1.33. The van der Waals surface area contributed by atoms with Crippen molar-refractivity contribution in [3.8, 4) is 17.2 Å². The van der Waals surface area contributed by atoms with Crippen molar-refractivity contribution in [3.63, 3.8) is 0 Å². The minimum atomic E-state index is -0.610. The van der Waals surface area contributed by atoms with Gasteiger partial charge in [-0.3, -0.25) is 4.79 Å². The second-order valence-electron chi connectivity index (χ2n) is 7.84. The number of hydrogen-bond donors (Lipinski definition) is 1. The Morgan fingerprint density at radius 1 is 0.737 bits per heavy atom. The van der Waals surface area contributed by atoms with Crippen molar-refractivity contribution >= 4 is 24.1 Å². The van der Waals surface area contributed by atoms with Crippen LogP contribution in [-0.4, -0.2) is 30.7 Å². The Hall–Kier alpha value is -5.24. The molecule has 0 atom stereocenters. The van der Waals surface area contributed by atoms with Gasteiger partial charge in [-0.1, -0.05) is 48.5 Å². The van der Waals surface area contributed by atoms with Crippen LogP contribution in [0.15, 0.2) is 108 Å². The predicted octanol–water partition coefficient (Wildman–Crippen LogP) is 5.29. The SMILES string of the molecule is CCOc1ccccc1C(=O)N/N=C\c1ccc(OC(=O)c2ccccc2)cc1OC(=O)c1ccccc1. The number of carbonyl (C=O) groups is 3. The molecule has 0 heterocycles. The van der Waals surface area contributed by atoms with Crippen LogP contribution >= 0.6 is 0 Å². The summed E-state index contributed by atoms with van der Waals surface area (Å²) >= 11 is 0. The lowest BCUT2D eigenvalue weighted by Crippen LogP contribution is -2.19. The molecular weight excluding hydrogens is 484 g/mol. The molecule has 0 fully saturated rings. The lowest BCUT2D eigenvalue weighted by atomic mass is 10.2. The molecule has 1 N–H and O–H groups in total. The van der Waals surface area contributed by atoms with E-state index in [0.717, 1.165) is 0 Å². The van der Waals surface area contributed by atoms with Gasteiger partial charge in [0.15, 0.2) is 0 Å². The molecule has 4 rings (SSSR count). The minimum Gasteiger partial charge on any atom is -0.493 e. The Bertz CT molecular complexity index is 1450. The zero-order chi connectivity index (χ0) is 26.7. The number of rotatable bonds is 9. The number of nitrogens with zero attached hydrogens (tertiary/aromatic N) is 1. The fourth-order valence-electron chi connectivity index (χ4n) is 3.40. The molecule has 0 aliphatic heterocycles. The average molecular weight is 509 g/mol. The van der Waals surface area contributed by atoms with Gasteiger partial charge in [-0.2, -0.15) is 5.10 Å². The van der Waals surface area contributed by atoms with E-state index in [9.17, 15) is 14.4 Å². The quantitative estimate of drug-likeness (QED) is 0.143. The molecule has 0 aliphatic rings. The van der Waals surface area contributed by atoms with Gasteiger partial charge in [-0.05, 0) is 55.5 Å². The van der Waals surface area contributed by atoms with Gasteiger partial charge in [0.25, 0.3) is 5.91 Å². The summed E-state index contributed by atoms with van der Waals surface area (Å²) in [7, 11) is 0. The Kier molecular flexibility index (Phi) is 8.60. The molecular formula is C30H24N2O6. The highest BCUT2D eigenvalue weighted by molar-refractivity contribution is 5.98. The molecule has 0 aliphatic carbocycles. The van der Waals surface area contributed by atoms with E-state index in [2.05, 4.69) is 10.5 Å². The standard InChI is InChI=1S/C30H24N2O6/c1-2-36-26-16-10-9-15-25(26)28(33)32-31-20-23-17-18-24(37-29(34)21-11-5-3-6-12-21)19-27(23)38-30(35)22-13-7-4-8-14-22/h3-20H,2H2,1H3,(H,32,33)/b31-20-. The number of ether oxygens (including phenoxy) is 3. The number of hydrazone groups is 1. The highest BCUT2D eigenvalue weighted by atomic mass is 16.5. The van der Waals surface area contributed by atoms with Gasteiger partial charge in [0.2, 0.25) is 0 Å². The minimum absolute atomic E-state index is 0.0879. The van der Waals surface area contributed by atoms with Crippen molar-refractivity contribution < 1.29 is 28.6 Å². The second kappa shape index (κ2) is 12.6. The van der Waals surface area contributed by atoms with Crippen LogP contribution in [0.25, 0.3) is 0 Å². The molecule has 0 saturated heterocycles. The fraction of sp³-hybridized carbons (Fsp3) is 0.0667. The number of hydrogen-bond acceptors (Lipinski definition) is 7. The zero-order valence-electron chi connectivity index (χ0n) is 20.5. The molecule has 0 radical (unpaired) electrons. The fourth-order valence-corrected chi connectivity index (χ4v) is 3.40. The van der Waals surface area contributed by atoms with Gasteiger partial charge in [-0.25, -0.2) is 15.0 Å². The van der Waals surface area contributed by atoms with E-state index in [1.807, 2.05) is 6.92 Å². The Morgan fingerprint density at radius 3 is 2.00 bits per heavy atom. The van der Waals surface area contributed by atoms with Crippen molar-refractivity contribution in [2.24, 2.45) is 5.10 Å². The Morgan fingerprint density at radius 2 is 1.34 bits per heavy atom. The van der Waals surface area contributed by atoms with Crippen molar-refractivity contribution in [1.29, 1.82) is 0 Å². The first-order valence-electron chi connectivity index (χ1n) is 11.8. The maximum Gasteiger partial charge on any atom is 0.343 e. The monoisotopic (exact) mass is 508 g/mol. The van der Waals surface area contributed by atoms with E-state index < -0.39 is 17.8 Å². The first-order chi connectivity index (χ1) is 18.5. The Labute approximate surface area is 219 Å². The molecule has 8 nitrogen and oxygen atoms in total. The van der Waals surface area contributed by atoms with Crippen molar-refractivity contribution in [2.45, 2.75) is 6.92 Å². The second-order valence-corrected chi connectivity index (χ2v) is 7.84. The highest BCUT2D eigenvalue weighted by Crippen LogP contribution is 2.26. The molecule has 0 aromatic heterocycles. The first-order valence-corrected chi connectivity index (χ1v) is 11.8. The number of nitrogens with one attached hydrogen (secondary N) is 1. The van der Waals surface area contributed by atoms with Crippen molar-refractivity contribution in [3.05, 3.63) is 125 Å². The normalized spacial score (nSPS) is 10.6. The topological polar surface area (TPSA) is 103 Å². The predicted molar refractivity (Wildman–Crippen MR) is 142 cm³/mol. The number of benzene rings is 4. The van der Waals surface area contributed by atoms with Gasteiger partial charge in [-0.15, -0.1) is 0 Å². The molecule has 0 unspecified atom stereocenters. The van der Waals surface area contributed by atoms with Gasteiger partial charge >= 0.3 is 11.9 Å². The van der Waals surface area contributed by atoms with Crippen LogP contribution < -0.4 is 19.6 Å². The number of amides is 1.